The maximum atomic E-state index is 12.1. The summed E-state index contributed by atoms with van der Waals surface area (Å²) in [6, 6.07) is 17.2. The standard InChI is InChI=1S/C21H17ClN4O3S/c1-13-10-19-23-15(11-20(27)26(19)29-13)12-30-16-8-6-14(7-9-16)24-21(28)25-18-5-3-2-4-17(18)22/h2-11H,12H2,1H3,(H2,24,25,28). The molecule has 0 unspecified atom stereocenters. The normalized spacial score (nSPS) is 10.9. The van der Waals surface area contributed by atoms with Crippen LogP contribution in [-0.2, 0) is 5.75 Å². The van der Waals surface area contributed by atoms with Crippen LogP contribution in [0.1, 0.15) is 11.5 Å². The summed E-state index contributed by atoms with van der Waals surface area (Å²) in [5, 5.41) is 5.94. The fourth-order valence-electron chi connectivity index (χ4n) is 2.79. The van der Waals surface area contributed by atoms with Crippen molar-refractivity contribution in [2.45, 2.75) is 17.6 Å². The van der Waals surface area contributed by atoms with Gasteiger partial charge in [-0.1, -0.05) is 23.7 Å². The predicted molar refractivity (Wildman–Crippen MR) is 119 cm³/mol. The van der Waals surface area contributed by atoms with E-state index in [9.17, 15) is 9.59 Å². The molecular formula is C21H17ClN4O3S. The zero-order valence-electron chi connectivity index (χ0n) is 15.9. The van der Waals surface area contributed by atoms with Crippen molar-refractivity contribution in [3.05, 3.63) is 87.5 Å². The molecule has 0 atom stereocenters. The number of nitrogens with zero attached hydrogens (tertiary/aromatic N) is 2. The monoisotopic (exact) mass is 440 g/mol. The molecule has 30 heavy (non-hydrogen) atoms. The lowest BCUT2D eigenvalue weighted by molar-refractivity contribution is 0.262. The predicted octanol–water partition coefficient (Wildman–Crippen LogP) is 5.19. The van der Waals surface area contributed by atoms with Crippen LogP contribution in [0.4, 0.5) is 16.2 Å². The number of hydrogen-bond acceptors (Lipinski definition) is 5. The highest BCUT2D eigenvalue weighted by molar-refractivity contribution is 7.98. The van der Waals surface area contributed by atoms with Gasteiger partial charge in [-0.2, -0.15) is 0 Å². The molecular weight excluding hydrogens is 424 g/mol. The van der Waals surface area contributed by atoms with E-state index in [-0.39, 0.29) is 11.6 Å². The third-order valence-corrected chi connectivity index (χ3v) is 5.52. The highest BCUT2D eigenvalue weighted by Crippen LogP contribution is 2.24. The molecule has 0 aliphatic carbocycles. The highest BCUT2D eigenvalue weighted by atomic mass is 35.5. The van der Waals surface area contributed by atoms with Gasteiger partial charge in [0.15, 0.2) is 5.65 Å². The molecule has 0 aliphatic rings. The van der Waals surface area contributed by atoms with E-state index < -0.39 is 0 Å². The minimum Gasteiger partial charge on any atom is -0.375 e. The van der Waals surface area contributed by atoms with Crippen LogP contribution in [0.3, 0.4) is 0 Å². The zero-order chi connectivity index (χ0) is 21.1. The van der Waals surface area contributed by atoms with Gasteiger partial charge in [0.05, 0.1) is 16.4 Å². The Kier molecular flexibility index (Phi) is 5.78. The molecule has 0 aliphatic heterocycles. The molecule has 152 valence electrons. The largest absolute Gasteiger partial charge is 0.375 e. The third-order valence-electron chi connectivity index (χ3n) is 4.15. The lowest BCUT2D eigenvalue weighted by Gasteiger charge is -2.09. The molecule has 4 rings (SSSR count). The van der Waals surface area contributed by atoms with Crippen LogP contribution >= 0.6 is 23.4 Å². The van der Waals surface area contributed by atoms with Gasteiger partial charge < -0.3 is 15.2 Å². The summed E-state index contributed by atoms with van der Waals surface area (Å²) in [6.45, 7) is 1.77. The quantitative estimate of drug-likeness (QED) is 0.417. The number of aryl methyl sites for hydroxylation is 1. The summed E-state index contributed by atoms with van der Waals surface area (Å²) in [7, 11) is 0. The maximum absolute atomic E-state index is 12.1. The van der Waals surface area contributed by atoms with Crippen LogP contribution in [0.2, 0.25) is 5.02 Å². The van der Waals surface area contributed by atoms with Crippen molar-refractivity contribution in [1.29, 1.82) is 0 Å². The molecule has 2 aromatic carbocycles. The van der Waals surface area contributed by atoms with Gasteiger partial charge in [-0.05, 0) is 43.3 Å². The number of nitrogens with one attached hydrogen (secondary N) is 2. The summed E-state index contributed by atoms with van der Waals surface area (Å²) in [4.78, 5) is 29.7. The first-order chi connectivity index (χ1) is 14.5. The summed E-state index contributed by atoms with van der Waals surface area (Å²) in [6.07, 6.45) is 0. The molecule has 4 aromatic rings. The molecule has 2 N–H and O–H groups in total. The first kappa shape index (κ1) is 20.1. The van der Waals surface area contributed by atoms with Crippen LogP contribution in [0.25, 0.3) is 5.65 Å². The van der Waals surface area contributed by atoms with Crippen LogP contribution in [0, 0.1) is 6.92 Å². The Balaban J connectivity index is 1.36. The van der Waals surface area contributed by atoms with Crippen molar-refractivity contribution in [3.63, 3.8) is 0 Å². The number of halogens is 1. The number of carbonyl (C=O) groups is 1. The number of aromatic nitrogens is 2. The number of rotatable bonds is 5. The van der Waals surface area contributed by atoms with E-state index in [2.05, 4.69) is 15.6 Å². The molecule has 0 spiro atoms. The fourth-order valence-corrected chi connectivity index (χ4v) is 3.76. The maximum Gasteiger partial charge on any atom is 0.323 e. The average molecular weight is 441 g/mol. The van der Waals surface area contributed by atoms with Crippen molar-refractivity contribution in [3.8, 4) is 0 Å². The van der Waals surface area contributed by atoms with Gasteiger partial charge in [0.1, 0.15) is 5.76 Å². The van der Waals surface area contributed by atoms with Gasteiger partial charge in [-0.15, -0.1) is 16.3 Å². The van der Waals surface area contributed by atoms with Gasteiger partial charge in [-0.3, -0.25) is 4.79 Å². The number of thioether (sulfide) groups is 1. The minimum atomic E-state index is -0.378. The number of para-hydroxylation sites is 1. The number of fused-ring (bicyclic) bond motifs is 1. The van der Waals surface area contributed by atoms with Gasteiger partial charge in [-0.25, -0.2) is 9.78 Å². The number of hydrogen-bond donors (Lipinski definition) is 2. The first-order valence-electron chi connectivity index (χ1n) is 9.03. The molecule has 2 amide bonds. The van der Waals surface area contributed by atoms with Gasteiger partial charge >= 0.3 is 6.03 Å². The Morgan fingerprint density at radius 2 is 1.90 bits per heavy atom. The second-order valence-corrected chi connectivity index (χ2v) is 7.91. The second-order valence-electron chi connectivity index (χ2n) is 6.46. The molecule has 0 bridgehead atoms. The van der Waals surface area contributed by atoms with Gasteiger partial charge in [0.2, 0.25) is 0 Å². The van der Waals surface area contributed by atoms with E-state index in [1.54, 1.807) is 61.2 Å². The Labute approximate surface area is 181 Å². The van der Waals surface area contributed by atoms with E-state index in [4.69, 9.17) is 16.1 Å². The van der Waals surface area contributed by atoms with Crippen LogP contribution < -0.4 is 16.2 Å². The molecule has 7 nitrogen and oxygen atoms in total. The molecule has 0 fully saturated rings. The number of urea groups is 1. The third kappa shape index (κ3) is 4.67. The van der Waals surface area contributed by atoms with Crippen LogP contribution in [-0.4, -0.2) is 15.6 Å². The van der Waals surface area contributed by atoms with E-state index in [0.29, 0.717) is 39.3 Å². The SMILES string of the molecule is Cc1cc2nc(CSc3ccc(NC(=O)Nc4ccccc4Cl)cc3)cc(=O)n2o1. The average Bonchev–Trinajstić information content (AvgIpc) is 3.10. The Morgan fingerprint density at radius 3 is 2.67 bits per heavy atom. The van der Waals surface area contributed by atoms with Crippen molar-refractivity contribution < 1.29 is 9.32 Å². The molecule has 0 saturated heterocycles. The number of carbonyl (C=O) groups excluding carboxylic acids is 1. The Morgan fingerprint density at radius 1 is 1.13 bits per heavy atom. The van der Waals surface area contributed by atoms with E-state index in [0.717, 1.165) is 4.90 Å². The van der Waals surface area contributed by atoms with Crippen LogP contribution in [0.15, 0.2) is 74.9 Å². The van der Waals surface area contributed by atoms with Crippen molar-refractivity contribution in [2.24, 2.45) is 0 Å². The second kappa shape index (κ2) is 8.64. The number of anilines is 2. The highest BCUT2D eigenvalue weighted by Gasteiger charge is 2.08. The van der Waals surface area contributed by atoms with E-state index in [1.165, 1.54) is 10.6 Å². The topological polar surface area (TPSA) is 88.6 Å². The van der Waals surface area contributed by atoms with Gasteiger partial charge in [0, 0.05) is 28.5 Å². The lowest BCUT2D eigenvalue weighted by atomic mass is 10.3. The molecule has 2 heterocycles. The van der Waals surface area contributed by atoms with Crippen molar-refractivity contribution in [2.75, 3.05) is 10.6 Å². The smallest absolute Gasteiger partial charge is 0.323 e. The van der Waals surface area contributed by atoms with Crippen molar-refractivity contribution in [1.82, 2.24) is 9.56 Å². The van der Waals surface area contributed by atoms with Crippen molar-refractivity contribution >= 4 is 46.4 Å². The van der Waals surface area contributed by atoms with Crippen LogP contribution in [0.5, 0.6) is 0 Å². The molecule has 0 radical (unpaired) electrons. The van der Waals surface area contributed by atoms with Gasteiger partial charge in [0.25, 0.3) is 5.56 Å². The Bertz CT molecular complexity index is 1270. The summed E-state index contributed by atoms with van der Waals surface area (Å²) in [5.74, 6) is 1.17. The molecule has 0 saturated carbocycles. The molecule has 2 aromatic heterocycles. The number of amides is 2. The van der Waals surface area contributed by atoms with E-state index in [1.807, 2.05) is 12.1 Å². The number of benzene rings is 2. The first-order valence-corrected chi connectivity index (χ1v) is 10.4. The summed E-state index contributed by atoms with van der Waals surface area (Å²) in [5.41, 5.74) is 2.12. The Hall–Kier alpha value is -3.23. The minimum absolute atomic E-state index is 0.243. The zero-order valence-corrected chi connectivity index (χ0v) is 17.5. The summed E-state index contributed by atoms with van der Waals surface area (Å²) >= 11 is 7.59. The fraction of sp³-hybridized carbons (Fsp3) is 0.0952. The molecule has 9 heteroatoms. The summed E-state index contributed by atoms with van der Waals surface area (Å²) < 4.78 is 6.47. The lowest BCUT2D eigenvalue weighted by Crippen LogP contribution is -2.19. The van der Waals surface area contributed by atoms with E-state index >= 15 is 0 Å².